The van der Waals surface area contributed by atoms with Crippen molar-refractivity contribution in [3.63, 3.8) is 0 Å². The third-order valence-corrected chi connectivity index (χ3v) is 6.17. The Hall–Kier alpha value is -3.03. The number of hydrogen-bond donors (Lipinski definition) is 2. The van der Waals surface area contributed by atoms with Crippen molar-refractivity contribution >= 4 is 33.2 Å². The molecule has 0 bridgehead atoms. The van der Waals surface area contributed by atoms with Crippen LogP contribution >= 0.6 is 11.6 Å². The maximum absolute atomic E-state index is 12.5. The van der Waals surface area contributed by atoms with E-state index in [1.807, 2.05) is 32.0 Å². The maximum atomic E-state index is 12.5. The summed E-state index contributed by atoms with van der Waals surface area (Å²) in [6.07, 6.45) is 0. The molecule has 0 aliphatic rings. The van der Waals surface area contributed by atoms with Crippen molar-refractivity contribution in [3.8, 4) is 5.75 Å². The summed E-state index contributed by atoms with van der Waals surface area (Å²) in [7, 11) is -3.72. The number of anilines is 1. The fourth-order valence-corrected chi connectivity index (χ4v) is 4.08. The van der Waals surface area contributed by atoms with Crippen LogP contribution in [-0.4, -0.2) is 20.9 Å². The molecule has 0 spiro atoms. The molecule has 0 aliphatic carbocycles. The monoisotopic (exact) mass is 458 g/mol. The largest absolute Gasteiger partial charge is 0.484 e. The van der Waals surface area contributed by atoms with E-state index in [-0.39, 0.29) is 23.5 Å². The lowest BCUT2D eigenvalue weighted by Crippen LogP contribution is -2.31. The second kappa shape index (κ2) is 9.85. The van der Waals surface area contributed by atoms with E-state index in [9.17, 15) is 13.2 Å². The number of amides is 1. The Kier molecular flexibility index (Phi) is 7.20. The summed E-state index contributed by atoms with van der Waals surface area (Å²) < 4.78 is 33.1. The van der Waals surface area contributed by atoms with Crippen LogP contribution in [0.3, 0.4) is 0 Å². The first-order chi connectivity index (χ1) is 14.7. The Morgan fingerprint density at radius 1 is 1.03 bits per heavy atom. The second-order valence-corrected chi connectivity index (χ2v) is 9.19. The fraction of sp³-hybridized carbons (Fsp3) is 0.174. The van der Waals surface area contributed by atoms with Gasteiger partial charge in [-0.15, -0.1) is 0 Å². The number of aryl methyl sites for hydroxylation is 1. The summed E-state index contributed by atoms with van der Waals surface area (Å²) in [6, 6.07) is 20.0. The van der Waals surface area contributed by atoms with Crippen molar-refractivity contribution in [1.29, 1.82) is 0 Å². The number of hydrogen-bond acceptors (Lipinski definition) is 4. The predicted octanol–water partition coefficient (Wildman–Crippen LogP) is 4.71. The zero-order valence-electron chi connectivity index (χ0n) is 17.1. The molecule has 0 aromatic heterocycles. The summed E-state index contributed by atoms with van der Waals surface area (Å²) in [5, 5.41) is 3.47. The molecule has 1 atom stereocenters. The van der Waals surface area contributed by atoms with E-state index in [0.29, 0.717) is 16.5 Å². The molecule has 0 saturated carbocycles. The van der Waals surface area contributed by atoms with Crippen LogP contribution in [-0.2, 0) is 14.8 Å². The summed E-state index contributed by atoms with van der Waals surface area (Å²) in [4.78, 5) is 12.3. The van der Waals surface area contributed by atoms with E-state index < -0.39 is 10.0 Å². The average Bonchev–Trinajstić information content (AvgIpc) is 2.72. The third kappa shape index (κ3) is 6.47. The second-order valence-electron chi connectivity index (χ2n) is 7.08. The normalized spacial score (nSPS) is 12.1. The molecular weight excluding hydrogens is 436 g/mol. The van der Waals surface area contributed by atoms with E-state index >= 15 is 0 Å². The van der Waals surface area contributed by atoms with Crippen molar-refractivity contribution < 1.29 is 17.9 Å². The molecular formula is C23H23ClN2O4S. The molecule has 1 amide bonds. The standard InChI is InChI=1S/C23H23ClN2O4S/c1-16-4-3-5-20(14-16)26-31(28,29)22-12-10-21(11-13-22)30-15-23(27)25-17(2)18-6-8-19(24)9-7-18/h3-14,17,26H,15H2,1-2H3,(H,25,27). The van der Waals surface area contributed by atoms with E-state index in [2.05, 4.69) is 10.0 Å². The summed E-state index contributed by atoms with van der Waals surface area (Å²) in [6.45, 7) is 3.56. The van der Waals surface area contributed by atoms with Gasteiger partial charge in [-0.3, -0.25) is 9.52 Å². The SMILES string of the molecule is Cc1cccc(NS(=O)(=O)c2ccc(OCC(=O)NC(C)c3ccc(Cl)cc3)cc2)c1. The van der Waals surface area contributed by atoms with Crippen molar-refractivity contribution in [2.45, 2.75) is 24.8 Å². The van der Waals surface area contributed by atoms with Gasteiger partial charge in [-0.1, -0.05) is 35.9 Å². The predicted molar refractivity (Wildman–Crippen MR) is 122 cm³/mol. The highest BCUT2D eigenvalue weighted by atomic mass is 35.5. The van der Waals surface area contributed by atoms with Crippen LogP contribution in [0.1, 0.15) is 24.1 Å². The first-order valence-corrected chi connectivity index (χ1v) is 11.5. The summed E-state index contributed by atoms with van der Waals surface area (Å²) in [5.41, 5.74) is 2.37. The molecule has 31 heavy (non-hydrogen) atoms. The summed E-state index contributed by atoms with van der Waals surface area (Å²) in [5.74, 6) is 0.101. The number of halogens is 1. The molecule has 0 radical (unpaired) electrons. The first-order valence-electron chi connectivity index (χ1n) is 9.60. The smallest absolute Gasteiger partial charge is 0.261 e. The quantitative estimate of drug-likeness (QED) is 0.512. The molecule has 6 nitrogen and oxygen atoms in total. The maximum Gasteiger partial charge on any atom is 0.261 e. The number of benzene rings is 3. The van der Waals surface area contributed by atoms with Gasteiger partial charge in [0.2, 0.25) is 0 Å². The van der Waals surface area contributed by atoms with Gasteiger partial charge in [0, 0.05) is 10.7 Å². The lowest BCUT2D eigenvalue weighted by molar-refractivity contribution is -0.123. The lowest BCUT2D eigenvalue weighted by Gasteiger charge is -2.15. The van der Waals surface area contributed by atoms with Gasteiger partial charge in [-0.25, -0.2) is 8.42 Å². The number of ether oxygens (including phenoxy) is 1. The third-order valence-electron chi connectivity index (χ3n) is 4.52. The van der Waals surface area contributed by atoms with Gasteiger partial charge in [-0.2, -0.15) is 0 Å². The highest BCUT2D eigenvalue weighted by molar-refractivity contribution is 7.92. The molecule has 8 heteroatoms. The average molecular weight is 459 g/mol. The van der Waals surface area contributed by atoms with Crippen LogP contribution in [0.4, 0.5) is 5.69 Å². The Labute approximate surface area is 187 Å². The number of carbonyl (C=O) groups excluding carboxylic acids is 1. The van der Waals surface area contributed by atoms with E-state index in [4.69, 9.17) is 16.3 Å². The number of nitrogens with one attached hydrogen (secondary N) is 2. The molecule has 0 heterocycles. The van der Waals surface area contributed by atoms with Crippen LogP contribution in [0.15, 0.2) is 77.7 Å². The number of carbonyl (C=O) groups is 1. The molecule has 3 rings (SSSR count). The van der Waals surface area contributed by atoms with Gasteiger partial charge in [0.05, 0.1) is 10.9 Å². The Morgan fingerprint density at radius 2 is 1.71 bits per heavy atom. The first kappa shape index (κ1) is 22.7. The molecule has 1 unspecified atom stereocenters. The highest BCUT2D eigenvalue weighted by Gasteiger charge is 2.15. The molecule has 0 saturated heterocycles. The topological polar surface area (TPSA) is 84.5 Å². The minimum atomic E-state index is -3.72. The van der Waals surface area contributed by atoms with Crippen molar-refractivity contribution in [2.75, 3.05) is 11.3 Å². The van der Waals surface area contributed by atoms with Gasteiger partial charge >= 0.3 is 0 Å². The minimum absolute atomic E-state index is 0.0992. The van der Waals surface area contributed by atoms with Gasteiger partial charge < -0.3 is 10.1 Å². The van der Waals surface area contributed by atoms with E-state index in [1.54, 1.807) is 30.3 Å². The van der Waals surface area contributed by atoms with E-state index in [0.717, 1.165) is 11.1 Å². The molecule has 162 valence electrons. The van der Waals surface area contributed by atoms with Crippen LogP contribution in [0.5, 0.6) is 5.75 Å². The van der Waals surface area contributed by atoms with Gasteiger partial charge in [-0.05, 0) is 73.5 Å². The summed E-state index contributed by atoms with van der Waals surface area (Å²) >= 11 is 5.88. The van der Waals surface area contributed by atoms with Gasteiger partial charge in [0.1, 0.15) is 5.75 Å². The van der Waals surface area contributed by atoms with Crippen LogP contribution in [0.25, 0.3) is 0 Å². The number of sulfonamides is 1. The van der Waals surface area contributed by atoms with Crippen LogP contribution in [0, 0.1) is 6.92 Å². The Bertz CT molecular complexity index is 1150. The van der Waals surface area contributed by atoms with Gasteiger partial charge in [0.25, 0.3) is 15.9 Å². The van der Waals surface area contributed by atoms with Crippen LogP contribution in [0.2, 0.25) is 5.02 Å². The van der Waals surface area contributed by atoms with Crippen molar-refractivity contribution in [1.82, 2.24) is 5.32 Å². The fourth-order valence-electron chi connectivity index (χ4n) is 2.90. The zero-order chi connectivity index (χ0) is 22.4. The van der Waals surface area contributed by atoms with E-state index in [1.165, 1.54) is 24.3 Å². The van der Waals surface area contributed by atoms with Gasteiger partial charge in [0.15, 0.2) is 6.61 Å². The van der Waals surface area contributed by atoms with Crippen molar-refractivity contribution in [3.05, 3.63) is 88.9 Å². The minimum Gasteiger partial charge on any atom is -0.484 e. The zero-order valence-corrected chi connectivity index (χ0v) is 18.7. The lowest BCUT2D eigenvalue weighted by atomic mass is 10.1. The van der Waals surface area contributed by atoms with Crippen LogP contribution < -0.4 is 14.8 Å². The highest BCUT2D eigenvalue weighted by Crippen LogP contribution is 2.20. The number of rotatable bonds is 8. The molecule has 3 aromatic rings. The molecule has 0 aliphatic heterocycles. The Morgan fingerprint density at radius 3 is 2.35 bits per heavy atom. The Balaban J connectivity index is 1.55. The molecule has 3 aromatic carbocycles. The van der Waals surface area contributed by atoms with Crippen molar-refractivity contribution in [2.24, 2.45) is 0 Å². The molecule has 2 N–H and O–H groups in total. The molecule has 0 fully saturated rings.